The molecule has 1 N–H and O–H groups in total. The summed E-state index contributed by atoms with van der Waals surface area (Å²) in [6.07, 6.45) is 3.47. The number of carbonyl (C=O) groups excluding carboxylic acids is 1. The Morgan fingerprint density at radius 1 is 1.47 bits per heavy atom. The Hall–Kier alpha value is 0.260. The zero-order valence-electron chi connectivity index (χ0n) is 8.84. The van der Waals surface area contributed by atoms with Crippen molar-refractivity contribution in [2.24, 2.45) is 0 Å². The van der Waals surface area contributed by atoms with Crippen molar-refractivity contribution in [3.8, 4) is 0 Å². The summed E-state index contributed by atoms with van der Waals surface area (Å²) >= 11 is 5.06. The van der Waals surface area contributed by atoms with Gasteiger partial charge < -0.3 is 10.1 Å². The first-order chi connectivity index (χ1) is 7.34. The van der Waals surface area contributed by atoms with Crippen LogP contribution in [0.3, 0.4) is 0 Å². The van der Waals surface area contributed by atoms with Crippen molar-refractivity contribution in [3.63, 3.8) is 0 Å². The largest absolute Gasteiger partial charge is 0.379 e. The van der Waals surface area contributed by atoms with Gasteiger partial charge >= 0.3 is 0 Å². The number of amides is 1. The highest BCUT2D eigenvalue weighted by atomic mass is 79.9. The lowest BCUT2D eigenvalue weighted by Gasteiger charge is -2.20. The number of halogens is 1. The van der Waals surface area contributed by atoms with E-state index in [1.165, 1.54) is 12.8 Å². The molecule has 1 rings (SSSR count). The van der Waals surface area contributed by atoms with Gasteiger partial charge in [-0.2, -0.15) is 0 Å². The van der Waals surface area contributed by atoms with E-state index in [1.807, 2.05) is 0 Å². The van der Waals surface area contributed by atoms with Crippen LogP contribution in [0.25, 0.3) is 0 Å². The molecule has 0 aromatic carbocycles. The molecule has 1 aliphatic rings. The maximum atomic E-state index is 11.6. The van der Waals surface area contributed by atoms with Crippen LogP contribution in [0, 0.1) is 0 Å². The van der Waals surface area contributed by atoms with Crippen molar-refractivity contribution in [1.29, 1.82) is 0 Å². The molecule has 1 saturated heterocycles. The molecule has 0 aliphatic carbocycles. The van der Waals surface area contributed by atoms with E-state index in [0.29, 0.717) is 19.8 Å². The Morgan fingerprint density at radius 2 is 2.33 bits per heavy atom. The standard InChI is InChI=1S/C10H18BrNO2S/c11-4-6-14-7-5-12-10(13)9-3-1-2-8-15-9/h9H,1-8H2,(H,12,13). The molecule has 0 saturated carbocycles. The fraction of sp³-hybridized carbons (Fsp3) is 0.900. The van der Waals surface area contributed by atoms with Crippen molar-refractivity contribution in [2.45, 2.75) is 24.5 Å². The molecule has 88 valence electrons. The third-order valence-corrected chi connectivity index (χ3v) is 3.94. The molecule has 1 atom stereocenters. The third-order valence-electron chi connectivity index (χ3n) is 2.24. The summed E-state index contributed by atoms with van der Waals surface area (Å²) in [5, 5.41) is 3.93. The highest BCUT2D eigenvalue weighted by molar-refractivity contribution is 9.09. The van der Waals surface area contributed by atoms with Crippen LogP contribution in [0.2, 0.25) is 0 Å². The first-order valence-electron chi connectivity index (χ1n) is 5.37. The molecular formula is C10H18BrNO2S. The second-order valence-corrected chi connectivity index (χ2v) is 5.55. The van der Waals surface area contributed by atoms with E-state index in [-0.39, 0.29) is 11.2 Å². The number of carbonyl (C=O) groups is 1. The lowest BCUT2D eigenvalue weighted by atomic mass is 10.2. The summed E-state index contributed by atoms with van der Waals surface area (Å²) in [6, 6.07) is 0. The van der Waals surface area contributed by atoms with Gasteiger partial charge in [0.2, 0.25) is 5.91 Å². The Balaban J connectivity index is 2.02. The van der Waals surface area contributed by atoms with Crippen molar-refractivity contribution in [3.05, 3.63) is 0 Å². The Morgan fingerprint density at radius 3 is 3.00 bits per heavy atom. The van der Waals surface area contributed by atoms with Crippen LogP contribution >= 0.6 is 27.7 Å². The molecule has 0 aromatic heterocycles. The van der Waals surface area contributed by atoms with Gasteiger partial charge in [0.15, 0.2) is 0 Å². The topological polar surface area (TPSA) is 38.3 Å². The van der Waals surface area contributed by atoms with Crippen LogP contribution in [0.1, 0.15) is 19.3 Å². The summed E-state index contributed by atoms with van der Waals surface area (Å²) in [5.41, 5.74) is 0. The second-order valence-electron chi connectivity index (χ2n) is 3.45. The number of hydrogen-bond acceptors (Lipinski definition) is 3. The van der Waals surface area contributed by atoms with Crippen LogP contribution < -0.4 is 5.32 Å². The van der Waals surface area contributed by atoms with Gasteiger partial charge in [-0.25, -0.2) is 0 Å². The molecule has 1 aliphatic heterocycles. The molecule has 0 bridgehead atoms. The molecule has 3 nitrogen and oxygen atoms in total. The smallest absolute Gasteiger partial charge is 0.233 e. The van der Waals surface area contributed by atoms with Crippen molar-refractivity contribution in [1.82, 2.24) is 5.32 Å². The third kappa shape index (κ3) is 5.78. The minimum Gasteiger partial charge on any atom is -0.379 e. The monoisotopic (exact) mass is 295 g/mol. The van der Waals surface area contributed by atoms with Crippen molar-refractivity contribution < 1.29 is 9.53 Å². The molecule has 0 radical (unpaired) electrons. The highest BCUT2D eigenvalue weighted by Crippen LogP contribution is 2.24. The SMILES string of the molecule is O=C(NCCOCCBr)C1CCCCS1. The summed E-state index contributed by atoms with van der Waals surface area (Å²) < 4.78 is 5.25. The van der Waals surface area contributed by atoms with Gasteiger partial charge in [-0.1, -0.05) is 22.4 Å². The van der Waals surface area contributed by atoms with Crippen LogP contribution in [0.5, 0.6) is 0 Å². The number of alkyl halides is 1. The molecule has 0 aromatic rings. The zero-order valence-corrected chi connectivity index (χ0v) is 11.2. The highest BCUT2D eigenvalue weighted by Gasteiger charge is 2.20. The van der Waals surface area contributed by atoms with Gasteiger partial charge in [0.25, 0.3) is 0 Å². The number of ether oxygens (including phenoxy) is 1. The average Bonchev–Trinajstić information content (AvgIpc) is 2.30. The number of nitrogens with one attached hydrogen (secondary N) is 1. The molecule has 15 heavy (non-hydrogen) atoms. The van der Waals surface area contributed by atoms with Gasteiger partial charge in [0, 0.05) is 11.9 Å². The molecular weight excluding hydrogens is 278 g/mol. The number of hydrogen-bond donors (Lipinski definition) is 1. The van der Waals surface area contributed by atoms with Crippen LogP contribution in [0.4, 0.5) is 0 Å². The van der Waals surface area contributed by atoms with Crippen LogP contribution in [-0.4, -0.2) is 42.0 Å². The van der Waals surface area contributed by atoms with Gasteiger partial charge in [-0.15, -0.1) is 11.8 Å². The minimum atomic E-state index is 0.176. The predicted octanol–water partition coefficient (Wildman–Crippen LogP) is 1.80. The fourth-order valence-electron chi connectivity index (χ4n) is 1.46. The molecule has 1 amide bonds. The number of thioether (sulfide) groups is 1. The van der Waals surface area contributed by atoms with Gasteiger partial charge in [0.1, 0.15) is 0 Å². The van der Waals surface area contributed by atoms with Crippen LogP contribution in [0.15, 0.2) is 0 Å². The summed E-state index contributed by atoms with van der Waals surface area (Å²) in [7, 11) is 0. The normalized spacial score (nSPS) is 21.3. The first-order valence-corrected chi connectivity index (χ1v) is 7.54. The molecule has 1 heterocycles. The van der Waals surface area contributed by atoms with E-state index in [9.17, 15) is 4.79 Å². The van der Waals surface area contributed by atoms with E-state index in [0.717, 1.165) is 17.5 Å². The Labute approximate surface area is 104 Å². The Bertz CT molecular complexity index is 186. The van der Waals surface area contributed by atoms with Gasteiger partial charge in [0.05, 0.1) is 18.5 Å². The fourth-order valence-corrected chi connectivity index (χ4v) is 2.92. The lowest BCUT2D eigenvalue weighted by molar-refractivity contribution is -0.120. The van der Waals surface area contributed by atoms with E-state index in [4.69, 9.17) is 4.74 Å². The summed E-state index contributed by atoms with van der Waals surface area (Å²) in [6.45, 7) is 1.94. The van der Waals surface area contributed by atoms with Crippen molar-refractivity contribution >= 4 is 33.6 Å². The number of rotatable bonds is 6. The first kappa shape index (κ1) is 13.3. The summed E-state index contributed by atoms with van der Waals surface area (Å²) in [5.74, 6) is 1.31. The molecule has 1 fully saturated rings. The molecule has 5 heteroatoms. The van der Waals surface area contributed by atoms with E-state index >= 15 is 0 Å². The molecule has 1 unspecified atom stereocenters. The van der Waals surface area contributed by atoms with E-state index < -0.39 is 0 Å². The second kappa shape index (κ2) is 8.42. The molecule has 0 spiro atoms. The maximum absolute atomic E-state index is 11.6. The maximum Gasteiger partial charge on any atom is 0.233 e. The van der Waals surface area contributed by atoms with Gasteiger partial charge in [-0.05, 0) is 18.6 Å². The minimum absolute atomic E-state index is 0.176. The lowest BCUT2D eigenvalue weighted by Crippen LogP contribution is -2.36. The average molecular weight is 296 g/mol. The van der Waals surface area contributed by atoms with Crippen molar-refractivity contribution in [2.75, 3.05) is 30.8 Å². The predicted molar refractivity (Wildman–Crippen MR) is 67.7 cm³/mol. The Kier molecular flexibility index (Phi) is 7.48. The van der Waals surface area contributed by atoms with Crippen LogP contribution in [-0.2, 0) is 9.53 Å². The quantitative estimate of drug-likeness (QED) is 0.600. The van der Waals surface area contributed by atoms with Gasteiger partial charge in [-0.3, -0.25) is 4.79 Å². The zero-order chi connectivity index (χ0) is 10.9. The van der Waals surface area contributed by atoms with E-state index in [1.54, 1.807) is 11.8 Å². The van der Waals surface area contributed by atoms with E-state index in [2.05, 4.69) is 21.2 Å². The summed E-state index contributed by atoms with van der Waals surface area (Å²) in [4.78, 5) is 11.6.